The van der Waals surface area contributed by atoms with Crippen molar-refractivity contribution in [3.63, 3.8) is 0 Å². The number of ether oxygens (including phenoxy) is 1. The van der Waals surface area contributed by atoms with E-state index in [0.29, 0.717) is 12.2 Å². The van der Waals surface area contributed by atoms with E-state index in [0.717, 1.165) is 33.3 Å². The molecule has 4 aromatic rings. The largest absolute Gasteiger partial charge is 0.489 e. The number of aromatic carboxylic acids is 1. The first-order valence-electron chi connectivity index (χ1n) is 8.71. The van der Waals surface area contributed by atoms with Gasteiger partial charge in [-0.3, -0.25) is 0 Å². The van der Waals surface area contributed by atoms with Crippen LogP contribution in [-0.4, -0.2) is 15.6 Å². The Morgan fingerprint density at radius 3 is 2.37 bits per heavy atom. The summed E-state index contributed by atoms with van der Waals surface area (Å²) in [5.41, 5.74) is 4.34. The van der Waals surface area contributed by atoms with E-state index in [2.05, 4.69) is 0 Å². The zero-order valence-electron chi connectivity index (χ0n) is 14.9. The van der Waals surface area contributed by atoms with Crippen molar-refractivity contribution in [2.75, 3.05) is 0 Å². The summed E-state index contributed by atoms with van der Waals surface area (Å²) in [5.74, 6) is -0.114. The first-order chi connectivity index (χ1) is 13.1. The molecule has 4 heteroatoms. The highest BCUT2D eigenvalue weighted by Gasteiger charge is 2.13. The fourth-order valence-electron chi connectivity index (χ4n) is 3.23. The number of hydrogen-bond donors (Lipinski definition) is 1. The molecule has 0 aliphatic carbocycles. The van der Waals surface area contributed by atoms with Crippen LogP contribution in [0.2, 0.25) is 0 Å². The normalized spacial score (nSPS) is 10.9. The molecule has 1 N–H and O–H groups in total. The van der Waals surface area contributed by atoms with Crippen molar-refractivity contribution in [3.05, 3.63) is 90.1 Å². The minimum absolute atomic E-state index is 0.317. The molecule has 1 aromatic heterocycles. The van der Waals surface area contributed by atoms with Crippen LogP contribution in [-0.2, 0) is 13.7 Å². The van der Waals surface area contributed by atoms with Gasteiger partial charge in [-0.15, -0.1) is 0 Å². The van der Waals surface area contributed by atoms with Crippen molar-refractivity contribution in [3.8, 4) is 16.9 Å². The van der Waals surface area contributed by atoms with Gasteiger partial charge in [0.15, 0.2) is 0 Å². The first kappa shape index (κ1) is 16.9. The standard InChI is InChI=1S/C23H19NO3/c1-24-14-21(23(25)26)20-13-18(9-12-22(20)24)17-7-10-19(11-8-17)27-15-16-5-3-2-4-6-16/h2-14H,15H2,1H3,(H,25,26). The number of carbonyl (C=O) groups is 1. The number of carboxylic acid groups (broad SMARTS) is 1. The highest BCUT2D eigenvalue weighted by atomic mass is 16.5. The Kier molecular flexibility index (Phi) is 4.38. The number of benzene rings is 3. The van der Waals surface area contributed by atoms with E-state index in [4.69, 9.17) is 4.74 Å². The van der Waals surface area contributed by atoms with E-state index >= 15 is 0 Å². The summed E-state index contributed by atoms with van der Waals surface area (Å²) in [4.78, 5) is 11.5. The minimum Gasteiger partial charge on any atom is -0.489 e. The minimum atomic E-state index is -0.914. The van der Waals surface area contributed by atoms with Crippen LogP contribution < -0.4 is 4.74 Å². The fraction of sp³-hybridized carbons (Fsp3) is 0.0870. The molecular weight excluding hydrogens is 338 g/mol. The molecule has 3 aromatic carbocycles. The molecule has 27 heavy (non-hydrogen) atoms. The van der Waals surface area contributed by atoms with E-state index in [1.54, 1.807) is 6.20 Å². The van der Waals surface area contributed by atoms with Crippen LogP contribution in [0.3, 0.4) is 0 Å². The molecule has 1 heterocycles. The maximum absolute atomic E-state index is 11.5. The molecule has 134 valence electrons. The Labute approximate surface area is 157 Å². The summed E-state index contributed by atoms with van der Waals surface area (Å²) in [6, 6.07) is 23.8. The summed E-state index contributed by atoms with van der Waals surface area (Å²) < 4.78 is 7.66. The lowest BCUT2D eigenvalue weighted by Crippen LogP contribution is -1.95. The molecule has 0 bridgehead atoms. The molecule has 0 unspecified atom stereocenters. The van der Waals surface area contributed by atoms with Crippen LogP contribution >= 0.6 is 0 Å². The molecule has 0 aliphatic heterocycles. The molecular formula is C23H19NO3. The molecule has 0 aliphatic rings. The molecule has 4 rings (SSSR count). The first-order valence-corrected chi connectivity index (χ1v) is 8.71. The number of fused-ring (bicyclic) bond motifs is 1. The smallest absolute Gasteiger partial charge is 0.337 e. The van der Waals surface area contributed by atoms with Gasteiger partial charge in [-0.25, -0.2) is 4.79 Å². The van der Waals surface area contributed by atoms with Gasteiger partial charge >= 0.3 is 5.97 Å². The van der Waals surface area contributed by atoms with Gasteiger partial charge in [0.25, 0.3) is 0 Å². The van der Waals surface area contributed by atoms with Crippen molar-refractivity contribution >= 4 is 16.9 Å². The number of hydrogen-bond acceptors (Lipinski definition) is 2. The SMILES string of the molecule is Cn1cc(C(=O)O)c2cc(-c3ccc(OCc4ccccc4)cc3)ccc21. The highest BCUT2D eigenvalue weighted by molar-refractivity contribution is 6.04. The summed E-state index contributed by atoms with van der Waals surface area (Å²) in [6.07, 6.45) is 1.65. The van der Waals surface area contributed by atoms with Crippen LogP contribution in [0.1, 0.15) is 15.9 Å². The van der Waals surface area contributed by atoms with Gasteiger partial charge < -0.3 is 14.4 Å². The van der Waals surface area contributed by atoms with E-state index < -0.39 is 5.97 Å². The van der Waals surface area contributed by atoms with Gasteiger partial charge in [0.05, 0.1) is 5.56 Å². The summed E-state index contributed by atoms with van der Waals surface area (Å²) >= 11 is 0. The number of rotatable bonds is 5. The average Bonchev–Trinajstić information content (AvgIpc) is 3.04. The molecule has 0 radical (unpaired) electrons. The van der Waals surface area contributed by atoms with Gasteiger partial charge in [-0.1, -0.05) is 48.5 Å². The molecule has 0 saturated heterocycles. The Morgan fingerprint density at radius 1 is 0.963 bits per heavy atom. The molecule has 4 nitrogen and oxygen atoms in total. The molecule has 0 fully saturated rings. The monoisotopic (exact) mass is 357 g/mol. The lowest BCUT2D eigenvalue weighted by Gasteiger charge is -2.08. The maximum Gasteiger partial charge on any atom is 0.337 e. The highest BCUT2D eigenvalue weighted by Crippen LogP contribution is 2.29. The summed E-state index contributed by atoms with van der Waals surface area (Å²) in [5, 5.41) is 10.2. The van der Waals surface area contributed by atoms with Crippen LogP contribution in [0.25, 0.3) is 22.0 Å². The topological polar surface area (TPSA) is 51.5 Å². The second-order valence-corrected chi connectivity index (χ2v) is 6.49. The molecule has 0 spiro atoms. The van der Waals surface area contributed by atoms with Gasteiger partial charge in [0.2, 0.25) is 0 Å². The zero-order chi connectivity index (χ0) is 18.8. The second-order valence-electron chi connectivity index (χ2n) is 6.49. The average molecular weight is 357 g/mol. The van der Waals surface area contributed by atoms with Crippen molar-refractivity contribution in [2.45, 2.75) is 6.61 Å². The third-order valence-corrected chi connectivity index (χ3v) is 4.66. The van der Waals surface area contributed by atoms with E-state index in [1.165, 1.54) is 0 Å². The van der Waals surface area contributed by atoms with E-state index in [-0.39, 0.29) is 0 Å². The van der Waals surface area contributed by atoms with E-state index in [9.17, 15) is 9.90 Å². The summed E-state index contributed by atoms with van der Waals surface area (Å²) in [6.45, 7) is 0.526. The number of aromatic nitrogens is 1. The van der Waals surface area contributed by atoms with Crippen LogP contribution in [0.5, 0.6) is 5.75 Å². The Morgan fingerprint density at radius 2 is 1.67 bits per heavy atom. The quantitative estimate of drug-likeness (QED) is 0.539. The number of carboxylic acids is 1. The number of nitrogens with zero attached hydrogens (tertiary/aromatic N) is 1. The van der Waals surface area contributed by atoms with E-state index in [1.807, 2.05) is 84.4 Å². The molecule has 0 saturated carbocycles. The Balaban J connectivity index is 1.58. The van der Waals surface area contributed by atoms with Crippen molar-refractivity contribution in [1.82, 2.24) is 4.57 Å². The van der Waals surface area contributed by atoms with Gasteiger partial charge in [0.1, 0.15) is 12.4 Å². The number of aryl methyl sites for hydroxylation is 1. The predicted molar refractivity (Wildman–Crippen MR) is 106 cm³/mol. The lowest BCUT2D eigenvalue weighted by molar-refractivity contribution is 0.0699. The predicted octanol–water partition coefficient (Wildman–Crippen LogP) is 5.12. The van der Waals surface area contributed by atoms with Crippen LogP contribution in [0.4, 0.5) is 0 Å². The third-order valence-electron chi connectivity index (χ3n) is 4.66. The maximum atomic E-state index is 11.5. The molecule has 0 atom stereocenters. The van der Waals surface area contributed by atoms with Crippen LogP contribution in [0.15, 0.2) is 79.0 Å². The lowest BCUT2D eigenvalue weighted by atomic mass is 10.0. The van der Waals surface area contributed by atoms with Crippen molar-refractivity contribution in [2.24, 2.45) is 7.05 Å². The van der Waals surface area contributed by atoms with Crippen LogP contribution in [0, 0.1) is 0 Å². The Hall–Kier alpha value is -3.53. The fourth-order valence-corrected chi connectivity index (χ4v) is 3.23. The van der Waals surface area contributed by atoms with Gasteiger partial charge in [-0.05, 0) is 41.0 Å². The Bertz CT molecular complexity index is 1100. The summed E-state index contributed by atoms with van der Waals surface area (Å²) in [7, 11) is 1.85. The molecule has 0 amide bonds. The van der Waals surface area contributed by atoms with Gasteiger partial charge in [-0.2, -0.15) is 0 Å². The van der Waals surface area contributed by atoms with Crippen molar-refractivity contribution in [1.29, 1.82) is 0 Å². The van der Waals surface area contributed by atoms with Gasteiger partial charge in [0, 0.05) is 24.1 Å². The third kappa shape index (κ3) is 3.42. The zero-order valence-corrected chi connectivity index (χ0v) is 14.9. The van der Waals surface area contributed by atoms with Crippen molar-refractivity contribution < 1.29 is 14.6 Å². The second kappa shape index (κ2) is 7.00.